The molecule has 112 valence electrons. The molecule has 19 heavy (non-hydrogen) atoms. The molecule has 3 atom stereocenters. The van der Waals surface area contributed by atoms with Gasteiger partial charge < -0.3 is 5.73 Å². The highest BCUT2D eigenvalue weighted by molar-refractivity contribution is 7.87. The second-order valence-corrected chi connectivity index (χ2v) is 7.92. The summed E-state index contributed by atoms with van der Waals surface area (Å²) in [4.78, 5) is 0. The largest absolute Gasteiger partial charge is 0.327 e. The van der Waals surface area contributed by atoms with Crippen molar-refractivity contribution in [1.29, 1.82) is 0 Å². The number of nitrogens with two attached hydrogens (primary N) is 1. The molecule has 3 unspecified atom stereocenters. The van der Waals surface area contributed by atoms with Gasteiger partial charge in [0.05, 0.1) is 0 Å². The van der Waals surface area contributed by atoms with Crippen molar-refractivity contribution in [3.05, 3.63) is 0 Å². The summed E-state index contributed by atoms with van der Waals surface area (Å²) in [6.45, 7) is 3.90. The summed E-state index contributed by atoms with van der Waals surface area (Å²) in [6.07, 6.45) is 6.49. The van der Waals surface area contributed by atoms with Gasteiger partial charge in [-0.2, -0.15) is 12.7 Å². The van der Waals surface area contributed by atoms with Gasteiger partial charge in [0.15, 0.2) is 0 Å². The predicted molar refractivity (Wildman–Crippen MR) is 76.8 cm³/mol. The first-order chi connectivity index (χ1) is 8.99. The van der Waals surface area contributed by atoms with Crippen LogP contribution in [0.3, 0.4) is 0 Å². The SMILES string of the molecule is CC1CCCN(S(=O)(=O)NCC2CCCCC2N)C1. The lowest BCUT2D eigenvalue weighted by atomic mass is 9.85. The normalized spacial score (nSPS) is 34.3. The molecule has 1 aliphatic carbocycles. The van der Waals surface area contributed by atoms with Crippen molar-refractivity contribution in [2.75, 3.05) is 19.6 Å². The van der Waals surface area contributed by atoms with Crippen LogP contribution in [0.15, 0.2) is 0 Å². The van der Waals surface area contributed by atoms with Crippen molar-refractivity contribution in [3.8, 4) is 0 Å². The maximum absolute atomic E-state index is 12.3. The molecular formula is C13H27N3O2S. The number of hydrogen-bond acceptors (Lipinski definition) is 3. The minimum Gasteiger partial charge on any atom is -0.327 e. The second kappa shape index (κ2) is 6.52. The van der Waals surface area contributed by atoms with Crippen LogP contribution in [-0.2, 0) is 10.2 Å². The van der Waals surface area contributed by atoms with E-state index < -0.39 is 10.2 Å². The van der Waals surface area contributed by atoms with Crippen LogP contribution in [0.2, 0.25) is 0 Å². The van der Waals surface area contributed by atoms with Crippen molar-refractivity contribution in [1.82, 2.24) is 9.03 Å². The molecule has 1 heterocycles. The smallest absolute Gasteiger partial charge is 0.279 e. The first-order valence-corrected chi connectivity index (χ1v) is 8.93. The van der Waals surface area contributed by atoms with Gasteiger partial charge in [-0.05, 0) is 37.5 Å². The highest BCUT2D eigenvalue weighted by Crippen LogP contribution is 2.23. The van der Waals surface area contributed by atoms with Gasteiger partial charge >= 0.3 is 0 Å². The fourth-order valence-corrected chi connectivity index (χ4v) is 4.59. The lowest BCUT2D eigenvalue weighted by molar-refractivity contribution is 0.271. The Hall–Kier alpha value is -0.170. The Kier molecular flexibility index (Phi) is 5.22. The Balaban J connectivity index is 1.86. The van der Waals surface area contributed by atoms with Crippen LogP contribution in [0.4, 0.5) is 0 Å². The summed E-state index contributed by atoms with van der Waals surface area (Å²) in [5.74, 6) is 0.757. The van der Waals surface area contributed by atoms with E-state index in [1.165, 1.54) is 12.8 Å². The van der Waals surface area contributed by atoms with Crippen molar-refractivity contribution in [3.63, 3.8) is 0 Å². The van der Waals surface area contributed by atoms with Gasteiger partial charge in [-0.15, -0.1) is 0 Å². The van der Waals surface area contributed by atoms with Crippen LogP contribution in [0.5, 0.6) is 0 Å². The number of piperidine rings is 1. The monoisotopic (exact) mass is 289 g/mol. The van der Waals surface area contributed by atoms with Gasteiger partial charge in [-0.1, -0.05) is 19.8 Å². The molecule has 0 aromatic carbocycles. The zero-order valence-corrected chi connectivity index (χ0v) is 12.7. The quantitative estimate of drug-likeness (QED) is 0.813. The van der Waals surface area contributed by atoms with Crippen molar-refractivity contribution in [2.45, 2.75) is 51.5 Å². The number of nitrogens with zero attached hydrogens (tertiary/aromatic N) is 1. The molecule has 1 saturated carbocycles. The summed E-state index contributed by atoms with van der Waals surface area (Å²) < 4.78 is 28.9. The lowest BCUT2D eigenvalue weighted by Crippen LogP contribution is -2.48. The fourth-order valence-electron chi connectivity index (χ4n) is 3.16. The molecule has 1 aliphatic heterocycles. The maximum atomic E-state index is 12.3. The molecule has 3 N–H and O–H groups in total. The van der Waals surface area contributed by atoms with E-state index in [2.05, 4.69) is 11.6 Å². The van der Waals surface area contributed by atoms with Crippen molar-refractivity contribution < 1.29 is 8.42 Å². The van der Waals surface area contributed by atoms with Crippen LogP contribution < -0.4 is 10.5 Å². The predicted octanol–water partition coefficient (Wildman–Crippen LogP) is 1.07. The highest BCUT2D eigenvalue weighted by Gasteiger charge is 2.29. The van der Waals surface area contributed by atoms with E-state index in [0.717, 1.165) is 25.7 Å². The zero-order valence-electron chi connectivity index (χ0n) is 11.8. The Morgan fingerprint density at radius 3 is 2.63 bits per heavy atom. The molecule has 1 saturated heterocycles. The Labute approximate surface area is 117 Å². The summed E-state index contributed by atoms with van der Waals surface area (Å²) in [7, 11) is -3.31. The van der Waals surface area contributed by atoms with Gasteiger partial charge in [0.1, 0.15) is 0 Å². The maximum Gasteiger partial charge on any atom is 0.279 e. The zero-order chi connectivity index (χ0) is 13.9. The molecule has 2 rings (SSSR count). The third-order valence-electron chi connectivity index (χ3n) is 4.46. The van der Waals surface area contributed by atoms with Crippen LogP contribution in [0.1, 0.15) is 45.4 Å². The molecule has 0 aromatic heterocycles. The molecule has 2 fully saturated rings. The van der Waals surface area contributed by atoms with E-state index in [0.29, 0.717) is 31.5 Å². The molecule has 5 nitrogen and oxygen atoms in total. The van der Waals surface area contributed by atoms with Gasteiger partial charge in [-0.25, -0.2) is 4.72 Å². The molecule has 0 spiro atoms. The van der Waals surface area contributed by atoms with E-state index in [-0.39, 0.29) is 6.04 Å². The summed E-state index contributed by atoms with van der Waals surface area (Å²) in [6, 6.07) is 0.150. The number of rotatable bonds is 4. The van der Waals surface area contributed by atoms with Gasteiger partial charge in [0, 0.05) is 25.7 Å². The molecule has 0 radical (unpaired) electrons. The van der Waals surface area contributed by atoms with E-state index in [9.17, 15) is 8.42 Å². The summed E-state index contributed by atoms with van der Waals surface area (Å²) in [5, 5.41) is 0. The van der Waals surface area contributed by atoms with Crippen LogP contribution in [0, 0.1) is 11.8 Å². The fraction of sp³-hybridized carbons (Fsp3) is 1.00. The standard InChI is InChI=1S/C13H27N3O2S/c1-11-5-4-8-16(10-11)19(17,18)15-9-12-6-2-3-7-13(12)14/h11-13,15H,2-10,14H2,1H3. The first-order valence-electron chi connectivity index (χ1n) is 7.49. The van der Waals surface area contributed by atoms with E-state index in [1.807, 2.05) is 0 Å². The number of hydrogen-bond donors (Lipinski definition) is 2. The summed E-state index contributed by atoms with van der Waals surface area (Å²) >= 11 is 0. The third kappa shape index (κ3) is 4.15. The average molecular weight is 289 g/mol. The van der Waals surface area contributed by atoms with Crippen LogP contribution >= 0.6 is 0 Å². The Bertz CT molecular complexity index is 385. The average Bonchev–Trinajstić information content (AvgIpc) is 2.38. The molecular weight excluding hydrogens is 262 g/mol. The second-order valence-electron chi connectivity index (χ2n) is 6.17. The van der Waals surface area contributed by atoms with E-state index in [1.54, 1.807) is 4.31 Å². The van der Waals surface area contributed by atoms with Gasteiger partial charge in [0.2, 0.25) is 0 Å². The topological polar surface area (TPSA) is 75.4 Å². The molecule has 2 aliphatic rings. The molecule has 6 heteroatoms. The van der Waals surface area contributed by atoms with Gasteiger partial charge in [-0.3, -0.25) is 0 Å². The van der Waals surface area contributed by atoms with Gasteiger partial charge in [0.25, 0.3) is 10.2 Å². The van der Waals surface area contributed by atoms with Crippen LogP contribution in [0.25, 0.3) is 0 Å². The molecule has 0 aromatic rings. The Morgan fingerprint density at radius 2 is 1.95 bits per heavy atom. The Morgan fingerprint density at radius 1 is 1.21 bits per heavy atom. The molecule has 0 bridgehead atoms. The van der Waals surface area contributed by atoms with Crippen LogP contribution in [-0.4, -0.2) is 38.4 Å². The van der Waals surface area contributed by atoms with Crippen molar-refractivity contribution >= 4 is 10.2 Å². The summed E-state index contributed by atoms with van der Waals surface area (Å²) in [5.41, 5.74) is 6.06. The number of nitrogens with one attached hydrogen (secondary N) is 1. The molecule has 0 amide bonds. The minimum atomic E-state index is -3.31. The third-order valence-corrected chi connectivity index (χ3v) is 6.00. The van der Waals surface area contributed by atoms with E-state index >= 15 is 0 Å². The first kappa shape index (κ1) is 15.2. The minimum absolute atomic E-state index is 0.150. The highest BCUT2D eigenvalue weighted by atomic mass is 32.2. The van der Waals surface area contributed by atoms with Crippen molar-refractivity contribution in [2.24, 2.45) is 17.6 Å². The lowest BCUT2D eigenvalue weighted by Gasteiger charge is -2.32. The van der Waals surface area contributed by atoms with E-state index in [4.69, 9.17) is 5.73 Å².